The molecule has 9 heteroatoms. The maximum absolute atomic E-state index is 13.4. The molecule has 3 aromatic rings. The first kappa shape index (κ1) is 20.0. The Hall–Kier alpha value is -3.69. The first-order valence-electron chi connectivity index (χ1n) is 10.9. The quantitative estimate of drug-likeness (QED) is 0.619. The summed E-state index contributed by atoms with van der Waals surface area (Å²) < 4.78 is 6.49. The van der Waals surface area contributed by atoms with Crippen LogP contribution in [0.25, 0.3) is 20.8 Å². The number of rotatable bonds is 4. The van der Waals surface area contributed by atoms with Crippen molar-refractivity contribution in [2.45, 2.75) is 0 Å². The number of ether oxygens (including phenoxy) is 1. The number of thiazole rings is 1. The van der Waals surface area contributed by atoms with Crippen molar-refractivity contribution in [1.29, 1.82) is 0 Å². The summed E-state index contributed by atoms with van der Waals surface area (Å²) in [5.41, 5.74) is 3.20. The summed E-state index contributed by atoms with van der Waals surface area (Å²) in [7, 11) is 0. The second-order valence-corrected chi connectivity index (χ2v) is 8.97. The molecule has 3 aliphatic heterocycles. The third-order valence-electron chi connectivity index (χ3n) is 5.78. The Balaban J connectivity index is 1.43. The van der Waals surface area contributed by atoms with Crippen molar-refractivity contribution < 1.29 is 4.74 Å². The van der Waals surface area contributed by atoms with Gasteiger partial charge in [-0.3, -0.25) is 9.78 Å². The van der Waals surface area contributed by atoms with E-state index in [2.05, 4.69) is 27.4 Å². The summed E-state index contributed by atoms with van der Waals surface area (Å²) in [5.74, 6) is 1.06. The van der Waals surface area contributed by atoms with Crippen molar-refractivity contribution in [1.82, 2.24) is 19.9 Å². The molecule has 0 spiro atoms. The van der Waals surface area contributed by atoms with E-state index in [1.807, 2.05) is 53.6 Å². The molecule has 33 heavy (non-hydrogen) atoms. The summed E-state index contributed by atoms with van der Waals surface area (Å²) in [4.78, 5) is 30.1. The number of H-pyrrole nitrogens is 1. The van der Waals surface area contributed by atoms with Crippen LogP contribution in [0.2, 0.25) is 0 Å². The van der Waals surface area contributed by atoms with Crippen LogP contribution in [0.1, 0.15) is 0 Å². The van der Waals surface area contributed by atoms with Crippen molar-refractivity contribution in [3.8, 4) is 10.6 Å². The van der Waals surface area contributed by atoms with Gasteiger partial charge in [0.1, 0.15) is 16.4 Å². The molecule has 166 valence electrons. The van der Waals surface area contributed by atoms with Crippen LogP contribution >= 0.6 is 11.3 Å². The van der Waals surface area contributed by atoms with Gasteiger partial charge in [-0.2, -0.15) is 4.98 Å². The predicted octanol–water partition coefficient (Wildman–Crippen LogP) is 3.46. The summed E-state index contributed by atoms with van der Waals surface area (Å²) in [6, 6.07) is 7.90. The summed E-state index contributed by atoms with van der Waals surface area (Å²) in [5, 5.41) is 4.09. The maximum atomic E-state index is 13.4. The molecule has 6 rings (SSSR count). The first-order valence-corrected chi connectivity index (χ1v) is 11.7. The van der Waals surface area contributed by atoms with Gasteiger partial charge in [-0.05, 0) is 36.4 Å². The molecule has 3 aliphatic rings. The van der Waals surface area contributed by atoms with E-state index in [0.29, 0.717) is 55.2 Å². The van der Waals surface area contributed by atoms with Crippen LogP contribution in [-0.4, -0.2) is 52.7 Å². The lowest BCUT2D eigenvalue weighted by Crippen LogP contribution is -2.38. The molecule has 1 saturated heterocycles. The highest BCUT2D eigenvalue weighted by molar-refractivity contribution is 7.21. The molecular weight excluding hydrogens is 436 g/mol. The molecule has 0 bridgehead atoms. The topological polar surface area (TPSA) is 86.4 Å². The van der Waals surface area contributed by atoms with E-state index in [4.69, 9.17) is 14.7 Å². The van der Waals surface area contributed by atoms with Crippen molar-refractivity contribution in [3.05, 3.63) is 82.6 Å². The van der Waals surface area contributed by atoms with E-state index in [0.717, 1.165) is 21.6 Å². The Kier molecular flexibility index (Phi) is 5.04. The number of morpholine rings is 1. The monoisotopic (exact) mass is 458 g/mol. The Morgan fingerprint density at radius 2 is 1.97 bits per heavy atom. The normalized spacial score (nSPS) is 17.7. The Bertz CT molecular complexity index is 1360. The maximum Gasteiger partial charge on any atom is 0.264 e. The number of aromatic nitrogens is 3. The number of aromatic amines is 1. The van der Waals surface area contributed by atoms with E-state index in [9.17, 15) is 4.79 Å². The summed E-state index contributed by atoms with van der Waals surface area (Å²) >= 11 is 1.49. The minimum absolute atomic E-state index is 0.207. The van der Waals surface area contributed by atoms with E-state index in [1.165, 1.54) is 11.3 Å². The Morgan fingerprint density at radius 3 is 2.85 bits per heavy atom. The molecule has 2 aromatic heterocycles. The van der Waals surface area contributed by atoms with Gasteiger partial charge in [0.05, 0.1) is 30.0 Å². The van der Waals surface area contributed by atoms with Gasteiger partial charge in [0.15, 0.2) is 0 Å². The van der Waals surface area contributed by atoms with Crippen LogP contribution in [0.4, 0.5) is 11.8 Å². The zero-order valence-electron chi connectivity index (χ0n) is 17.8. The second-order valence-electron chi connectivity index (χ2n) is 7.94. The molecule has 0 unspecified atom stereocenters. The largest absolute Gasteiger partial charge is 0.378 e. The van der Waals surface area contributed by atoms with Crippen LogP contribution in [0, 0.1) is 0 Å². The van der Waals surface area contributed by atoms with Crippen molar-refractivity contribution >= 4 is 33.3 Å². The van der Waals surface area contributed by atoms with Crippen LogP contribution in [0.15, 0.2) is 77.0 Å². The van der Waals surface area contributed by atoms with E-state index in [1.54, 1.807) is 0 Å². The number of nitrogens with zero attached hydrogens (tertiary/aromatic N) is 4. The van der Waals surface area contributed by atoms with E-state index >= 15 is 0 Å². The van der Waals surface area contributed by atoms with Crippen LogP contribution in [0.3, 0.4) is 0 Å². The zero-order valence-corrected chi connectivity index (χ0v) is 18.6. The molecule has 0 saturated carbocycles. The van der Waals surface area contributed by atoms with Crippen molar-refractivity contribution in [2.24, 2.45) is 0 Å². The molecule has 8 nitrogen and oxygen atoms in total. The molecule has 0 amide bonds. The standard InChI is InChI=1S/C24H22N6O2S/c31-22-20(23-26-18-6-1-2-7-19(18)33-23)21(27-24(28-22)29-11-13-32-14-12-29)25-16-8-9-17-5-3-4-10-30(17)15-16/h1-10H,11-15H2,(H2,25,27,28,31). The van der Waals surface area contributed by atoms with Gasteiger partial charge in [-0.1, -0.05) is 18.2 Å². The highest BCUT2D eigenvalue weighted by atomic mass is 32.1. The first-order chi connectivity index (χ1) is 16.2. The minimum atomic E-state index is -0.207. The second kappa shape index (κ2) is 8.34. The zero-order chi connectivity index (χ0) is 22.2. The van der Waals surface area contributed by atoms with E-state index < -0.39 is 0 Å². The average molecular weight is 459 g/mol. The highest BCUT2D eigenvalue weighted by Crippen LogP contribution is 2.33. The molecule has 0 atom stereocenters. The molecule has 0 aliphatic carbocycles. The van der Waals surface area contributed by atoms with E-state index in [-0.39, 0.29) is 5.56 Å². The molecule has 0 radical (unpaired) electrons. The lowest BCUT2D eigenvalue weighted by molar-refractivity contribution is 0.122. The van der Waals surface area contributed by atoms with Gasteiger partial charge in [0.2, 0.25) is 5.95 Å². The number of hydrogen-bond donors (Lipinski definition) is 2. The minimum Gasteiger partial charge on any atom is -0.378 e. The Morgan fingerprint density at radius 1 is 1.09 bits per heavy atom. The number of benzene rings is 1. The number of nitrogens with one attached hydrogen (secondary N) is 2. The number of allylic oxidation sites excluding steroid dienone is 5. The molecule has 5 heterocycles. The average Bonchev–Trinajstić information content (AvgIpc) is 3.28. The summed E-state index contributed by atoms with van der Waals surface area (Å²) in [6.45, 7) is 3.25. The third kappa shape index (κ3) is 3.85. The van der Waals surface area contributed by atoms with Gasteiger partial charge in [0, 0.05) is 30.7 Å². The predicted molar refractivity (Wildman–Crippen MR) is 131 cm³/mol. The highest BCUT2D eigenvalue weighted by Gasteiger charge is 2.23. The number of fused-ring (bicyclic) bond motifs is 2. The lowest BCUT2D eigenvalue weighted by Gasteiger charge is -2.29. The number of anilines is 2. The Labute approximate surface area is 194 Å². The SMILES string of the molecule is O=c1[nH]c(N2CCOCC2)nc(NC2=CC=C3C=CC=CN3C2)c1-c1nc2ccccc2s1. The number of para-hydroxylation sites is 1. The van der Waals surface area contributed by atoms with Gasteiger partial charge >= 0.3 is 0 Å². The van der Waals surface area contributed by atoms with Crippen LogP contribution in [0.5, 0.6) is 0 Å². The van der Waals surface area contributed by atoms with Gasteiger partial charge in [0.25, 0.3) is 5.56 Å². The lowest BCUT2D eigenvalue weighted by atomic mass is 10.1. The fraction of sp³-hybridized carbons (Fsp3) is 0.208. The van der Waals surface area contributed by atoms with Crippen LogP contribution in [-0.2, 0) is 4.74 Å². The molecule has 1 aromatic carbocycles. The smallest absolute Gasteiger partial charge is 0.264 e. The fourth-order valence-electron chi connectivity index (χ4n) is 4.09. The summed E-state index contributed by atoms with van der Waals surface area (Å²) in [6.07, 6.45) is 12.2. The van der Waals surface area contributed by atoms with Crippen LogP contribution < -0.4 is 15.8 Å². The fourth-order valence-corrected chi connectivity index (χ4v) is 5.10. The van der Waals surface area contributed by atoms with Crippen molar-refractivity contribution in [3.63, 3.8) is 0 Å². The van der Waals surface area contributed by atoms with Gasteiger partial charge in [-0.15, -0.1) is 11.3 Å². The van der Waals surface area contributed by atoms with Gasteiger partial charge < -0.3 is 19.9 Å². The molecule has 2 N–H and O–H groups in total. The van der Waals surface area contributed by atoms with Gasteiger partial charge in [-0.25, -0.2) is 4.98 Å². The molecule has 1 fully saturated rings. The molecular formula is C24H22N6O2S. The number of hydrogen-bond acceptors (Lipinski definition) is 8. The van der Waals surface area contributed by atoms with Crippen molar-refractivity contribution in [2.75, 3.05) is 43.1 Å². The third-order valence-corrected chi connectivity index (χ3v) is 6.83.